The lowest BCUT2D eigenvalue weighted by Gasteiger charge is -2.23. The van der Waals surface area contributed by atoms with E-state index in [2.05, 4.69) is 15.3 Å². The second-order valence-corrected chi connectivity index (χ2v) is 4.14. The molecule has 1 fully saturated rings. The quantitative estimate of drug-likeness (QED) is 0.792. The second kappa shape index (κ2) is 4.58. The number of aromatic nitrogens is 2. The molecule has 0 spiro atoms. The standard InChI is InChI=1S/C11H12N4O3/c1-7-4-8(5-12)14-10(13-7)15-11(9(16)17)2-3-18-6-11/h4H,2-3,6H2,1H3,(H,16,17)(H,13,14,15). The predicted molar refractivity (Wildman–Crippen MR) is 60.9 cm³/mol. The van der Waals surface area contributed by atoms with E-state index in [4.69, 9.17) is 10.00 Å². The molecule has 0 bridgehead atoms. The summed E-state index contributed by atoms with van der Waals surface area (Å²) < 4.78 is 5.12. The van der Waals surface area contributed by atoms with Gasteiger partial charge in [-0.15, -0.1) is 0 Å². The van der Waals surface area contributed by atoms with E-state index in [1.165, 1.54) is 6.07 Å². The van der Waals surface area contributed by atoms with Gasteiger partial charge in [0.25, 0.3) is 0 Å². The molecule has 1 aliphatic heterocycles. The van der Waals surface area contributed by atoms with E-state index in [-0.39, 0.29) is 18.2 Å². The van der Waals surface area contributed by atoms with Gasteiger partial charge in [-0.1, -0.05) is 0 Å². The summed E-state index contributed by atoms with van der Waals surface area (Å²) >= 11 is 0. The monoisotopic (exact) mass is 248 g/mol. The molecule has 18 heavy (non-hydrogen) atoms. The number of rotatable bonds is 3. The van der Waals surface area contributed by atoms with Gasteiger partial charge in [-0.2, -0.15) is 5.26 Å². The van der Waals surface area contributed by atoms with E-state index in [9.17, 15) is 9.90 Å². The van der Waals surface area contributed by atoms with Gasteiger partial charge >= 0.3 is 5.97 Å². The molecule has 1 unspecified atom stereocenters. The van der Waals surface area contributed by atoms with Gasteiger partial charge in [-0.25, -0.2) is 14.8 Å². The second-order valence-electron chi connectivity index (χ2n) is 4.14. The van der Waals surface area contributed by atoms with Gasteiger partial charge in [0.1, 0.15) is 11.8 Å². The zero-order valence-electron chi connectivity index (χ0n) is 9.80. The van der Waals surface area contributed by atoms with Crippen molar-refractivity contribution >= 4 is 11.9 Å². The van der Waals surface area contributed by atoms with Crippen molar-refractivity contribution in [2.75, 3.05) is 18.5 Å². The summed E-state index contributed by atoms with van der Waals surface area (Å²) in [5, 5.41) is 20.8. The lowest BCUT2D eigenvalue weighted by molar-refractivity contribution is -0.142. The smallest absolute Gasteiger partial charge is 0.331 e. The number of carboxylic acid groups (broad SMARTS) is 1. The highest BCUT2D eigenvalue weighted by atomic mass is 16.5. The van der Waals surface area contributed by atoms with Gasteiger partial charge in [-0.3, -0.25) is 0 Å². The Morgan fingerprint density at radius 2 is 2.44 bits per heavy atom. The third-order valence-corrected chi connectivity index (χ3v) is 2.75. The lowest BCUT2D eigenvalue weighted by Crippen LogP contribution is -2.47. The molecular formula is C11H12N4O3. The van der Waals surface area contributed by atoms with Crippen molar-refractivity contribution in [3.63, 3.8) is 0 Å². The van der Waals surface area contributed by atoms with Crippen molar-refractivity contribution in [3.8, 4) is 6.07 Å². The number of nitrogens with one attached hydrogen (secondary N) is 1. The third-order valence-electron chi connectivity index (χ3n) is 2.75. The van der Waals surface area contributed by atoms with Crippen molar-refractivity contribution in [1.82, 2.24) is 9.97 Å². The minimum absolute atomic E-state index is 0.0571. The van der Waals surface area contributed by atoms with Crippen molar-refractivity contribution < 1.29 is 14.6 Å². The summed E-state index contributed by atoms with van der Waals surface area (Å²) in [6.07, 6.45) is 0.335. The van der Waals surface area contributed by atoms with E-state index in [1.807, 2.05) is 6.07 Å². The Morgan fingerprint density at radius 1 is 1.67 bits per heavy atom. The van der Waals surface area contributed by atoms with Crippen LogP contribution in [0.2, 0.25) is 0 Å². The van der Waals surface area contributed by atoms with Crippen LogP contribution in [0.4, 0.5) is 5.95 Å². The van der Waals surface area contributed by atoms with Gasteiger partial charge in [0.2, 0.25) is 5.95 Å². The number of anilines is 1. The molecule has 1 aliphatic rings. The molecule has 0 aromatic carbocycles. The Balaban J connectivity index is 2.30. The normalized spacial score (nSPS) is 22.4. The first kappa shape index (κ1) is 12.3. The highest BCUT2D eigenvalue weighted by Crippen LogP contribution is 2.23. The average molecular weight is 248 g/mol. The van der Waals surface area contributed by atoms with E-state index >= 15 is 0 Å². The van der Waals surface area contributed by atoms with Crippen LogP contribution in [0, 0.1) is 18.3 Å². The molecule has 7 nitrogen and oxygen atoms in total. The number of carboxylic acids is 1. The molecule has 2 N–H and O–H groups in total. The molecule has 0 aliphatic carbocycles. The van der Waals surface area contributed by atoms with Crippen LogP contribution >= 0.6 is 0 Å². The van der Waals surface area contributed by atoms with E-state index in [0.717, 1.165) is 0 Å². The minimum atomic E-state index is -1.21. The number of hydrogen-bond donors (Lipinski definition) is 2. The molecule has 1 atom stereocenters. The Bertz CT molecular complexity index is 518. The van der Waals surface area contributed by atoms with Crippen LogP contribution < -0.4 is 5.32 Å². The molecule has 1 saturated heterocycles. The number of hydrogen-bond acceptors (Lipinski definition) is 6. The first-order chi connectivity index (χ1) is 8.55. The fraction of sp³-hybridized carbons (Fsp3) is 0.455. The summed E-state index contributed by atoms with van der Waals surface area (Å²) in [7, 11) is 0. The summed E-state index contributed by atoms with van der Waals surface area (Å²) in [6.45, 7) is 2.14. The predicted octanol–water partition coefficient (Wildman–Crippen LogP) is 0.312. The topological polar surface area (TPSA) is 108 Å². The number of aliphatic carboxylic acids is 1. The zero-order chi connectivity index (χ0) is 13.2. The largest absolute Gasteiger partial charge is 0.479 e. The maximum absolute atomic E-state index is 11.3. The summed E-state index contributed by atoms with van der Waals surface area (Å²) in [5.74, 6) is -0.872. The molecule has 1 aromatic heterocycles. The van der Waals surface area contributed by atoms with Gasteiger partial charge in [0.05, 0.1) is 6.61 Å². The van der Waals surface area contributed by atoms with Crippen LogP contribution in [-0.2, 0) is 9.53 Å². The van der Waals surface area contributed by atoms with E-state index in [0.29, 0.717) is 18.7 Å². The van der Waals surface area contributed by atoms with Gasteiger partial charge in [-0.05, 0) is 13.0 Å². The van der Waals surface area contributed by atoms with Crippen molar-refractivity contribution in [1.29, 1.82) is 5.26 Å². The van der Waals surface area contributed by atoms with Crippen LogP contribution in [0.15, 0.2) is 6.07 Å². The minimum Gasteiger partial charge on any atom is -0.479 e. The zero-order valence-corrected chi connectivity index (χ0v) is 9.80. The highest BCUT2D eigenvalue weighted by Gasteiger charge is 2.43. The maximum Gasteiger partial charge on any atom is 0.331 e. The van der Waals surface area contributed by atoms with Gasteiger partial charge in [0, 0.05) is 18.7 Å². The first-order valence-corrected chi connectivity index (χ1v) is 5.41. The number of nitrogens with zero attached hydrogens (tertiary/aromatic N) is 3. The number of nitriles is 1. The summed E-state index contributed by atoms with van der Waals surface area (Å²) in [5.41, 5.74) is -0.409. The molecule has 7 heteroatoms. The first-order valence-electron chi connectivity index (χ1n) is 5.41. The lowest BCUT2D eigenvalue weighted by atomic mass is 9.99. The molecule has 94 valence electrons. The fourth-order valence-corrected chi connectivity index (χ4v) is 1.78. The molecule has 0 amide bonds. The van der Waals surface area contributed by atoms with Crippen molar-refractivity contribution in [2.45, 2.75) is 18.9 Å². The average Bonchev–Trinajstić information content (AvgIpc) is 2.78. The Hall–Kier alpha value is -2.20. The number of aryl methyl sites for hydroxylation is 1. The summed E-state index contributed by atoms with van der Waals surface area (Å²) in [6, 6.07) is 3.44. The Kier molecular flexibility index (Phi) is 3.12. The summed E-state index contributed by atoms with van der Waals surface area (Å²) in [4.78, 5) is 19.3. The van der Waals surface area contributed by atoms with Crippen LogP contribution in [0.25, 0.3) is 0 Å². The maximum atomic E-state index is 11.3. The van der Waals surface area contributed by atoms with Crippen LogP contribution in [0.1, 0.15) is 17.8 Å². The molecule has 0 saturated carbocycles. The number of carbonyl (C=O) groups is 1. The van der Waals surface area contributed by atoms with Gasteiger partial charge < -0.3 is 15.2 Å². The van der Waals surface area contributed by atoms with Crippen LogP contribution in [-0.4, -0.2) is 39.8 Å². The van der Waals surface area contributed by atoms with E-state index < -0.39 is 11.5 Å². The molecule has 1 aromatic rings. The number of ether oxygens (including phenoxy) is 1. The fourth-order valence-electron chi connectivity index (χ4n) is 1.78. The Morgan fingerprint density at radius 3 is 3.00 bits per heavy atom. The molecule has 0 radical (unpaired) electrons. The van der Waals surface area contributed by atoms with Crippen LogP contribution in [0.3, 0.4) is 0 Å². The van der Waals surface area contributed by atoms with E-state index in [1.54, 1.807) is 6.92 Å². The Labute approximate surface area is 103 Å². The molecule has 2 heterocycles. The highest BCUT2D eigenvalue weighted by molar-refractivity contribution is 5.82. The molecule has 2 rings (SSSR count). The van der Waals surface area contributed by atoms with Gasteiger partial charge in [0.15, 0.2) is 5.54 Å². The van der Waals surface area contributed by atoms with Crippen LogP contribution in [0.5, 0.6) is 0 Å². The third kappa shape index (κ3) is 2.24. The van der Waals surface area contributed by atoms with Crippen molar-refractivity contribution in [3.05, 3.63) is 17.5 Å². The molecular weight excluding hydrogens is 236 g/mol. The van der Waals surface area contributed by atoms with Crippen molar-refractivity contribution in [2.24, 2.45) is 0 Å². The SMILES string of the molecule is Cc1cc(C#N)nc(NC2(C(=O)O)CCOC2)n1.